The maximum absolute atomic E-state index is 12.3. The maximum atomic E-state index is 12.3. The lowest BCUT2D eigenvalue weighted by Gasteiger charge is -2.16. The molecule has 2 aromatic rings. The van der Waals surface area contributed by atoms with Gasteiger partial charge in [0.15, 0.2) is 0 Å². The first kappa shape index (κ1) is 13.3. The highest BCUT2D eigenvalue weighted by atomic mass is 79.9. The molecule has 2 rings (SSSR count). The molecule has 0 aliphatic carbocycles. The van der Waals surface area contributed by atoms with Gasteiger partial charge in [-0.2, -0.15) is 4.31 Å². The van der Waals surface area contributed by atoms with Gasteiger partial charge >= 0.3 is 0 Å². The Bertz CT molecular complexity index is 623. The van der Waals surface area contributed by atoms with Crippen molar-refractivity contribution >= 4 is 26.0 Å². The normalized spacial score (nSPS) is 11.9. The van der Waals surface area contributed by atoms with Crippen LogP contribution >= 0.6 is 15.9 Å². The molecule has 0 saturated carbocycles. The molecule has 0 atom stereocenters. The van der Waals surface area contributed by atoms with Crippen molar-refractivity contribution in [1.29, 1.82) is 0 Å². The molecule has 0 spiro atoms. The van der Waals surface area contributed by atoms with Crippen LogP contribution < -0.4 is 0 Å². The van der Waals surface area contributed by atoms with Crippen molar-refractivity contribution in [2.45, 2.75) is 11.4 Å². The summed E-state index contributed by atoms with van der Waals surface area (Å²) in [6, 6.07) is 10.2. The Balaban J connectivity index is 2.29. The summed E-state index contributed by atoms with van der Waals surface area (Å²) in [5.74, 6) is 0.605. The third-order valence-corrected chi connectivity index (χ3v) is 5.30. The lowest BCUT2D eigenvalue weighted by atomic mass is 10.4. The van der Waals surface area contributed by atoms with Gasteiger partial charge in [-0.05, 0) is 40.2 Å². The summed E-state index contributed by atoms with van der Waals surface area (Å²) in [6.45, 7) is 0.205. The van der Waals surface area contributed by atoms with E-state index >= 15 is 0 Å². The molecule has 0 aliphatic rings. The lowest BCUT2D eigenvalue weighted by Crippen LogP contribution is -2.26. The van der Waals surface area contributed by atoms with E-state index in [1.54, 1.807) is 36.4 Å². The fourth-order valence-corrected chi connectivity index (χ4v) is 3.63. The van der Waals surface area contributed by atoms with Crippen molar-refractivity contribution in [2.24, 2.45) is 0 Å². The van der Waals surface area contributed by atoms with Gasteiger partial charge < -0.3 is 4.42 Å². The number of sulfonamides is 1. The van der Waals surface area contributed by atoms with E-state index in [0.717, 1.165) is 0 Å². The van der Waals surface area contributed by atoms with Gasteiger partial charge in [-0.1, -0.05) is 12.1 Å². The molecule has 6 heteroatoms. The molecule has 0 bridgehead atoms. The van der Waals surface area contributed by atoms with Crippen molar-refractivity contribution in [1.82, 2.24) is 4.31 Å². The third kappa shape index (κ3) is 2.66. The molecule has 0 N–H and O–H groups in total. The standard InChI is InChI=1S/C12H12BrNO3S/c1-14(9-10-5-4-8-17-10)18(15,16)12-7-3-2-6-11(12)13/h2-8H,9H2,1H3. The molecule has 1 aromatic heterocycles. The molecule has 1 aromatic carbocycles. The van der Waals surface area contributed by atoms with Crippen LogP contribution in [0.4, 0.5) is 0 Å². The highest BCUT2D eigenvalue weighted by molar-refractivity contribution is 9.10. The monoisotopic (exact) mass is 329 g/mol. The second-order valence-electron chi connectivity index (χ2n) is 3.77. The molecule has 96 valence electrons. The zero-order valence-electron chi connectivity index (χ0n) is 9.71. The van der Waals surface area contributed by atoms with Gasteiger partial charge in [0.25, 0.3) is 0 Å². The van der Waals surface area contributed by atoms with Crippen molar-refractivity contribution in [2.75, 3.05) is 7.05 Å². The Morgan fingerprint density at radius 3 is 2.56 bits per heavy atom. The van der Waals surface area contributed by atoms with Gasteiger partial charge in [-0.25, -0.2) is 8.42 Å². The second kappa shape index (κ2) is 5.26. The van der Waals surface area contributed by atoms with Crippen molar-refractivity contribution < 1.29 is 12.8 Å². The fourth-order valence-electron chi connectivity index (χ4n) is 1.53. The third-order valence-electron chi connectivity index (χ3n) is 2.48. The Morgan fingerprint density at radius 2 is 1.94 bits per heavy atom. The molecule has 4 nitrogen and oxygen atoms in total. The Hall–Kier alpha value is -1.11. The lowest BCUT2D eigenvalue weighted by molar-refractivity contribution is 0.406. The van der Waals surface area contributed by atoms with Crippen LogP contribution in [0, 0.1) is 0 Å². The largest absolute Gasteiger partial charge is 0.468 e. The van der Waals surface area contributed by atoms with Crippen LogP contribution in [0.5, 0.6) is 0 Å². The maximum Gasteiger partial charge on any atom is 0.244 e. The van der Waals surface area contributed by atoms with Gasteiger partial charge in [-0.3, -0.25) is 0 Å². The van der Waals surface area contributed by atoms with E-state index in [1.165, 1.54) is 17.6 Å². The van der Waals surface area contributed by atoms with Crippen LogP contribution in [0.25, 0.3) is 0 Å². The van der Waals surface area contributed by atoms with Crippen LogP contribution in [0.15, 0.2) is 56.4 Å². The summed E-state index contributed by atoms with van der Waals surface area (Å²) in [6.07, 6.45) is 1.52. The quantitative estimate of drug-likeness (QED) is 0.866. The summed E-state index contributed by atoms with van der Waals surface area (Å²) in [5, 5.41) is 0. The number of furan rings is 1. The molecule has 0 unspecified atom stereocenters. The highest BCUT2D eigenvalue weighted by Gasteiger charge is 2.23. The Labute approximate surface area is 114 Å². The molecular formula is C12H12BrNO3S. The Morgan fingerprint density at radius 1 is 1.22 bits per heavy atom. The summed E-state index contributed by atoms with van der Waals surface area (Å²) in [4.78, 5) is 0.249. The van der Waals surface area contributed by atoms with E-state index in [4.69, 9.17) is 4.42 Å². The molecule has 0 radical (unpaired) electrons. The van der Waals surface area contributed by atoms with Gasteiger partial charge in [0, 0.05) is 11.5 Å². The van der Waals surface area contributed by atoms with E-state index in [2.05, 4.69) is 15.9 Å². The first-order chi connectivity index (χ1) is 8.51. The van der Waals surface area contributed by atoms with Crippen molar-refractivity contribution in [3.63, 3.8) is 0 Å². The number of halogens is 1. The number of benzene rings is 1. The van der Waals surface area contributed by atoms with Crippen molar-refractivity contribution in [3.8, 4) is 0 Å². The van der Waals surface area contributed by atoms with Crippen LogP contribution in [0.2, 0.25) is 0 Å². The summed E-state index contributed by atoms with van der Waals surface area (Å²) >= 11 is 3.25. The number of nitrogens with zero attached hydrogens (tertiary/aromatic N) is 1. The number of hydrogen-bond donors (Lipinski definition) is 0. The van der Waals surface area contributed by atoms with Crippen LogP contribution in [-0.4, -0.2) is 19.8 Å². The van der Waals surface area contributed by atoms with Gasteiger partial charge in [-0.15, -0.1) is 0 Å². The minimum absolute atomic E-state index is 0.205. The number of rotatable bonds is 4. The Kier molecular flexibility index (Phi) is 3.89. The predicted molar refractivity (Wildman–Crippen MR) is 71.5 cm³/mol. The smallest absolute Gasteiger partial charge is 0.244 e. The molecule has 0 aliphatic heterocycles. The van der Waals surface area contributed by atoms with Crippen LogP contribution in [0.3, 0.4) is 0 Å². The average Bonchev–Trinajstić information content (AvgIpc) is 2.82. The number of hydrogen-bond acceptors (Lipinski definition) is 3. The molecule has 18 heavy (non-hydrogen) atoms. The second-order valence-corrected chi connectivity index (χ2v) is 6.64. The fraction of sp³-hybridized carbons (Fsp3) is 0.167. The van der Waals surface area contributed by atoms with Crippen LogP contribution in [0.1, 0.15) is 5.76 Å². The van der Waals surface area contributed by atoms with E-state index < -0.39 is 10.0 Å². The van der Waals surface area contributed by atoms with Gasteiger partial charge in [0.1, 0.15) is 5.76 Å². The van der Waals surface area contributed by atoms with Crippen LogP contribution in [-0.2, 0) is 16.6 Å². The summed E-state index contributed by atoms with van der Waals surface area (Å²) in [7, 11) is -1.99. The first-order valence-electron chi connectivity index (χ1n) is 5.25. The van der Waals surface area contributed by atoms with E-state index in [-0.39, 0.29) is 11.4 Å². The minimum Gasteiger partial charge on any atom is -0.468 e. The van der Waals surface area contributed by atoms with Gasteiger partial charge in [0.2, 0.25) is 10.0 Å². The molecule has 0 fully saturated rings. The summed E-state index contributed by atoms with van der Waals surface area (Å²) in [5.41, 5.74) is 0. The zero-order chi connectivity index (χ0) is 13.2. The first-order valence-corrected chi connectivity index (χ1v) is 7.48. The average molecular weight is 330 g/mol. The minimum atomic E-state index is -3.52. The van der Waals surface area contributed by atoms with E-state index in [9.17, 15) is 8.42 Å². The molecule has 0 amide bonds. The van der Waals surface area contributed by atoms with E-state index in [1.807, 2.05) is 0 Å². The molecule has 0 saturated heterocycles. The SMILES string of the molecule is CN(Cc1ccco1)S(=O)(=O)c1ccccc1Br. The van der Waals surface area contributed by atoms with Gasteiger partial charge in [0.05, 0.1) is 17.7 Å². The summed E-state index contributed by atoms with van der Waals surface area (Å²) < 4.78 is 31.6. The van der Waals surface area contributed by atoms with E-state index in [0.29, 0.717) is 10.2 Å². The predicted octanol–water partition coefficient (Wildman–Crippen LogP) is 2.86. The zero-order valence-corrected chi connectivity index (χ0v) is 12.1. The highest BCUT2D eigenvalue weighted by Crippen LogP contribution is 2.24. The topological polar surface area (TPSA) is 50.5 Å². The molecule has 1 heterocycles. The molecular weight excluding hydrogens is 318 g/mol. The van der Waals surface area contributed by atoms with Crippen molar-refractivity contribution in [3.05, 3.63) is 52.9 Å².